The molecule has 0 bridgehead atoms. The van der Waals surface area contributed by atoms with Crippen LogP contribution in [0.1, 0.15) is 49.4 Å². The van der Waals surface area contributed by atoms with E-state index in [1.165, 1.54) is 6.92 Å². The van der Waals surface area contributed by atoms with Crippen LogP contribution in [0, 0.1) is 0 Å². The standard InChI is InChI=1S/C19H25NO6/c1-14(21)15-4-6-16(7-5-15)26-10-2-3-17(22)20-19(13-18(23)24)8-11-25-12-9-19/h4-7H,2-3,8-13H2,1H3,(H,20,22)(H,23,24). The van der Waals surface area contributed by atoms with Crippen molar-refractivity contribution in [3.63, 3.8) is 0 Å². The largest absolute Gasteiger partial charge is 0.494 e. The first-order chi connectivity index (χ1) is 12.4. The first-order valence-electron chi connectivity index (χ1n) is 8.75. The first-order valence-corrected chi connectivity index (χ1v) is 8.75. The van der Waals surface area contributed by atoms with Crippen LogP contribution in [0.3, 0.4) is 0 Å². The lowest BCUT2D eigenvalue weighted by molar-refractivity contribution is -0.140. The Balaban J connectivity index is 1.75. The summed E-state index contributed by atoms with van der Waals surface area (Å²) in [5.74, 6) is -0.466. The molecule has 1 aliphatic rings. The number of hydrogen-bond acceptors (Lipinski definition) is 5. The highest BCUT2D eigenvalue weighted by molar-refractivity contribution is 5.94. The van der Waals surface area contributed by atoms with E-state index in [1.807, 2.05) is 0 Å². The summed E-state index contributed by atoms with van der Waals surface area (Å²) in [6.45, 7) is 2.77. The zero-order valence-corrected chi connectivity index (χ0v) is 15.0. The molecule has 1 heterocycles. The van der Waals surface area contributed by atoms with Crippen LogP contribution in [-0.4, -0.2) is 48.1 Å². The quantitative estimate of drug-likeness (QED) is 0.515. The molecule has 0 saturated carbocycles. The first kappa shape index (κ1) is 19.9. The molecule has 2 N–H and O–H groups in total. The molecular formula is C19H25NO6. The normalized spacial score (nSPS) is 15.9. The molecule has 0 atom stereocenters. The summed E-state index contributed by atoms with van der Waals surface area (Å²) in [5.41, 5.74) is -0.0956. The third-order valence-electron chi connectivity index (χ3n) is 4.42. The van der Waals surface area contributed by atoms with Gasteiger partial charge in [-0.3, -0.25) is 14.4 Å². The Morgan fingerprint density at radius 3 is 2.42 bits per heavy atom. The van der Waals surface area contributed by atoms with E-state index >= 15 is 0 Å². The molecule has 0 aromatic heterocycles. The van der Waals surface area contributed by atoms with Crippen molar-refractivity contribution in [1.82, 2.24) is 5.32 Å². The summed E-state index contributed by atoms with van der Waals surface area (Å²) in [6.07, 6.45) is 1.68. The van der Waals surface area contributed by atoms with Crippen molar-refractivity contribution in [3.05, 3.63) is 29.8 Å². The van der Waals surface area contributed by atoms with E-state index < -0.39 is 11.5 Å². The summed E-state index contributed by atoms with van der Waals surface area (Å²) in [5, 5.41) is 12.0. The Morgan fingerprint density at radius 1 is 1.19 bits per heavy atom. The van der Waals surface area contributed by atoms with Crippen molar-refractivity contribution < 1.29 is 29.0 Å². The average molecular weight is 363 g/mol. The van der Waals surface area contributed by atoms with Gasteiger partial charge in [-0.15, -0.1) is 0 Å². The average Bonchev–Trinajstić information content (AvgIpc) is 2.59. The number of nitrogens with one attached hydrogen (secondary N) is 1. The lowest BCUT2D eigenvalue weighted by atomic mass is 9.86. The molecule has 1 fully saturated rings. The number of rotatable bonds is 9. The van der Waals surface area contributed by atoms with Gasteiger partial charge >= 0.3 is 5.97 Å². The molecule has 1 aromatic carbocycles. The predicted molar refractivity (Wildman–Crippen MR) is 94.4 cm³/mol. The summed E-state index contributed by atoms with van der Waals surface area (Å²) in [4.78, 5) is 34.5. The number of carbonyl (C=O) groups excluding carboxylic acids is 2. The van der Waals surface area contributed by atoms with Crippen LogP contribution in [-0.2, 0) is 14.3 Å². The fourth-order valence-corrected chi connectivity index (χ4v) is 2.96. The SMILES string of the molecule is CC(=O)c1ccc(OCCCC(=O)NC2(CC(=O)O)CCOCC2)cc1. The van der Waals surface area contributed by atoms with Crippen molar-refractivity contribution in [2.24, 2.45) is 0 Å². The molecule has 0 radical (unpaired) electrons. The lowest BCUT2D eigenvalue weighted by Gasteiger charge is -2.36. The number of Topliss-reactive ketones (excluding diaryl/α,β-unsaturated/α-hetero) is 1. The summed E-state index contributed by atoms with van der Waals surface area (Å²) >= 11 is 0. The van der Waals surface area contributed by atoms with Gasteiger partial charge in [0, 0.05) is 25.2 Å². The third-order valence-corrected chi connectivity index (χ3v) is 4.42. The van der Waals surface area contributed by atoms with Gasteiger partial charge in [0.2, 0.25) is 5.91 Å². The van der Waals surface area contributed by atoms with Gasteiger partial charge in [-0.25, -0.2) is 0 Å². The molecule has 0 unspecified atom stereocenters. The van der Waals surface area contributed by atoms with Crippen molar-refractivity contribution in [1.29, 1.82) is 0 Å². The van der Waals surface area contributed by atoms with Crippen molar-refractivity contribution in [2.75, 3.05) is 19.8 Å². The molecule has 7 heteroatoms. The van der Waals surface area contributed by atoms with E-state index in [9.17, 15) is 14.4 Å². The van der Waals surface area contributed by atoms with Crippen LogP contribution in [0.2, 0.25) is 0 Å². The van der Waals surface area contributed by atoms with Gasteiger partial charge < -0.3 is 19.9 Å². The maximum atomic E-state index is 12.2. The smallest absolute Gasteiger partial charge is 0.305 e. The monoisotopic (exact) mass is 363 g/mol. The molecule has 0 spiro atoms. The van der Waals surface area contributed by atoms with Crippen molar-refractivity contribution >= 4 is 17.7 Å². The number of carboxylic acid groups (broad SMARTS) is 1. The van der Waals surface area contributed by atoms with Crippen LogP contribution in [0.4, 0.5) is 0 Å². The molecule has 1 aromatic rings. The number of carboxylic acids is 1. The van der Waals surface area contributed by atoms with Gasteiger partial charge in [-0.1, -0.05) is 0 Å². The molecule has 1 amide bonds. The van der Waals surface area contributed by atoms with Crippen molar-refractivity contribution in [2.45, 2.75) is 44.6 Å². The Hall–Kier alpha value is -2.41. The number of amides is 1. The summed E-state index contributed by atoms with van der Waals surface area (Å²) < 4.78 is 10.8. The van der Waals surface area contributed by atoms with E-state index in [4.69, 9.17) is 14.6 Å². The molecule has 142 valence electrons. The fraction of sp³-hybridized carbons (Fsp3) is 0.526. The highest BCUT2D eigenvalue weighted by atomic mass is 16.5. The third kappa shape index (κ3) is 6.15. The van der Waals surface area contributed by atoms with Gasteiger partial charge in [0.1, 0.15) is 5.75 Å². The number of benzene rings is 1. The van der Waals surface area contributed by atoms with E-state index in [2.05, 4.69) is 5.32 Å². The van der Waals surface area contributed by atoms with E-state index in [1.54, 1.807) is 24.3 Å². The number of carbonyl (C=O) groups is 3. The second-order valence-corrected chi connectivity index (χ2v) is 6.54. The minimum absolute atomic E-state index is 0.00313. The zero-order valence-electron chi connectivity index (χ0n) is 15.0. The minimum atomic E-state index is -0.926. The molecular weight excluding hydrogens is 338 g/mol. The fourth-order valence-electron chi connectivity index (χ4n) is 2.96. The Labute approximate surface area is 152 Å². The molecule has 1 saturated heterocycles. The highest BCUT2D eigenvalue weighted by Gasteiger charge is 2.36. The summed E-state index contributed by atoms with van der Waals surface area (Å²) in [7, 11) is 0. The molecule has 2 rings (SSSR count). The van der Waals surface area contributed by atoms with E-state index in [0.29, 0.717) is 50.4 Å². The second kappa shape index (κ2) is 9.33. The van der Waals surface area contributed by atoms with Crippen LogP contribution in [0.15, 0.2) is 24.3 Å². The van der Waals surface area contributed by atoms with Gasteiger partial charge in [0.25, 0.3) is 0 Å². The van der Waals surface area contributed by atoms with Gasteiger partial charge in [-0.2, -0.15) is 0 Å². The number of hydrogen-bond donors (Lipinski definition) is 2. The molecule has 1 aliphatic heterocycles. The Morgan fingerprint density at radius 2 is 1.85 bits per heavy atom. The van der Waals surface area contributed by atoms with Gasteiger partial charge in [0.05, 0.1) is 18.6 Å². The van der Waals surface area contributed by atoms with Crippen LogP contribution in [0.25, 0.3) is 0 Å². The minimum Gasteiger partial charge on any atom is -0.494 e. The number of ether oxygens (including phenoxy) is 2. The van der Waals surface area contributed by atoms with Crippen molar-refractivity contribution in [3.8, 4) is 5.75 Å². The topological polar surface area (TPSA) is 102 Å². The van der Waals surface area contributed by atoms with Gasteiger partial charge in [0.15, 0.2) is 5.78 Å². The Kier molecular flexibility index (Phi) is 7.15. The van der Waals surface area contributed by atoms with Crippen LogP contribution in [0.5, 0.6) is 5.75 Å². The maximum Gasteiger partial charge on any atom is 0.305 e. The van der Waals surface area contributed by atoms with E-state index in [-0.39, 0.29) is 24.5 Å². The molecule has 7 nitrogen and oxygen atoms in total. The van der Waals surface area contributed by atoms with Crippen LogP contribution >= 0.6 is 0 Å². The number of aliphatic carboxylic acids is 1. The zero-order chi connectivity index (χ0) is 19.0. The van der Waals surface area contributed by atoms with E-state index in [0.717, 1.165) is 0 Å². The predicted octanol–water partition coefficient (Wildman–Crippen LogP) is 2.19. The molecule has 26 heavy (non-hydrogen) atoms. The Bertz CT molecular complexity index is 634. The maximum absolute atomic E-state index is 12.2. The van der Waals surface area contributed by atoms with Gasteiger partial charge in [-0.05, 0) is 50.5 Å². The molecule has 0 aliphatic carbocycles. The second-order valence-electron chi connectivity index (χ2n) is 6.54. The summed E-state index contributed by atoms with van der Waals surface area (Å²) in [6, 6.07) is 6.84. The van der Waals surface area contributed by atoms with Crippen LogP contribution < -0.4 is 10.1 Å². The lowest BCUT2D eigenvalue weighted by Crippen LogP contribution is -2.53. The number of ketones is 1. The highest BCUT2D eigenvalue weighted by Crippen LogP contribution is 2.25.